The van der Waals surface area contributed by atoms with E-state index >= 15 is 0 Å². The molecule has 3 aromatic carbocycles. The van der Waals surface area contributed by atoms with Crippen LogP contribution in [-0.2, 0) is 0 Å². The van der Waals surface area contributed by atoms with Crippen molar-refractivity contribution >= 4 is 10.8 Å². The van der Waals surface area contributed by atoms with Gasteiger partial charge in [-0.25, -0.2) is 0 Å². The monoisotopic (exact) mass is 234 g/mol. The molecule has 0 bridgehead atoms. The van der Waals surface area contributed by atoms with Crippen molar-refractivity contribution in [3.63, 3.8) is 0 Å². The van der Waals surface area contributed by atoms with Crippen LogP contribution >= 0.6 is 0 Å². The fourth-order valence-electron chi connectivity index (χ4n) is 2.17. The van der Waals surface area contributed by atoms with E-state index in [1.807, 2.05) is 12.1 Å². The van der Waals surface area contributed by atoms with E-state index in [1.165, 1.54) is 21.9 Å². The van der Waals surface area contributed by atoms with Crippen LogP contribution in [0.25, 0.3) is 21.9 Å². The zero-order valence-corrected chi connectivity index (χ0v) is 10.3. The third kappa shape index (κ3) is 1.95. The molecule has 0 aliphatic carbocycles. The molecule has 0 atom stereocenters. The summed E-state index contributed by atoms with van der Waals surface area (Å²) in [6, 6.07) is 23.1. The molecule has 0 saturated carbocycles. The second kappa shape index (κ2) is 4.53. The summed E-state index contributed by atoms with van der Waals surface area (Å²) >= 11 is 0. The number of methoxy groups -OCH3 is 1. The molecule has 1 heteroatoms. The first-order valence-electron chi connectivity index (χ1n) is 6.00. The molecule has 0 amide bonds. The predicted octanol–water partition coefficient (Wildman–Crippen LogP) is 4.52. The zero-order chi connectivity index (χ0) is 12.4. The first-order chi connectivity index (χ1) is 8.86. The molecule has 1 nitrogen and oxygen atoms in total. The maximum atomic E-state index is 5.26. The van der Waals surface area contributed by atoms with Crippen molar-refractivity contribution in [2.75, 3.05) is 7.11 Å². The lowest BCUT2D eigenvalue weighted by atomic mass is 10.0. The summed E-state index contributed by atoms with van der Waals surface area (Å²) in [5.41, 5.74) is 2.40. The van der Waals surface area contributed by atoms with E-state index in [0.29, 0.717) is 0 Å². The van der Waals surface area contributed by atoms with Crippen LogP contribution in [0.15, 0.2) is 66.7 Å². The number of ether oxygens (including phenoxy) is 1. The van der Waals surface area contributed by atoms with Crippen molar-refractivity contribution in [3.05, 3.63) is 66.7 Å². The SMILES string of the molecule is COc1cccc(-c2ccc3ccccc3c2)c1. The first-order valence-corrected chi connectivity index (χ1v) is 6.00. The molecule has 0 spiro atoms. The molecule has 0 aromatic heterocycles. The Bertz CT molecular complexity index is 686. The summed E-state index contributed by atoms with van der Waals surface area (Å²) in [5.74, 6) is 0.889. The normalized spacial score (nSPS) is 10.5. The van der Waals surface area contributed by atoms with Crippen LogP contribution in [0, 0.1) is 0 Å². The highest BCUT2D eigenvalue weighted by molar-refractivity contribution is 5.87. The van der Waals surface area contributed by atoms with E-state index in [0.717, 1.165) is 5.75 Å². The van der Waals surface area contributed by atoms with Crippen molar-refractivity contribution in [1.29, 1.82) is 0 Å². The van der Waals surface area contributed by atoms with Gasteiger partial charge in [-0.1, -0.05) is 48.5 Å². The summed E-state index contributed by atoms with van der Waals surface area (Å²) in [5, 5.41) is 2.53. The fourth-order valence-corrected chi connectivity index (χ4v) is 2.17. The minimum absolute atomic E-state index is 0.889. The van der Waals surface area contributed by atoms with Crippen molar-refractivity contribution < 1.29 is 4.74 Å². The molecule has 3 rings (SSSR count). The Morgan fingerprint density at radius 2 is 1.44 bits per heavy atom. The van der Waals surface area contributed by atoms with Gasteiger partial charge in [0.25, 0.3) is 0 Å². The van der Waals surface area contributed by atoms with E-state index in [4.69, 9.17) is 4.74 Å². The minimum atomic E-state index is 0.889. The van der Waals surface area contributed by atoms with Crippen LogP contribution in [0.2, 0.25) is 0 Å². The van der Waals surface area contributed by atoms with Gasteiger partial charge < -0.3 is 4.74 Å². The number of benzene rings is 3. The van der Waals surface area contributed by atoms with Crippen LogP contribution in [-0.4, -0.2) is 7.11 Å². The Morgan fingerprint density at radius 1 is 0.667 bits per heavy atom. The predicted molar refractivity (Wildman–Crippen MR) is 75.9 cm³/mol. The fraction of sp³-hybridized carbons (Fsp3) is 0.0588. The molecule has 0 fully saturated rings. The number of fused-ring (bicyclic) bond motifs is 1. The maximum Gasteiger partial charge on any atom is 0.119 e. The quantitative estimate of drug-likeness (QED) is 0.633. The summed E-state index contributed by atoms with van der Waals surface area (Å²) in [7, 11) is 1.69. The Hall–Kier alpha value is -2.28. The highest BCUT2D eigenvalue weighted by Gasteiger charge is 2.00. The van der Waals surface area contributed by atoms with E-state index in [-0.39, 0.29) is 0 Å². The van der Waals surface area contributed by atoms with Gasteiger partial charge in [-0.15, -0.1) is 0 Å². The molecule has 0 aliphatic heterocycles. The molecule has 0 saturated heterocycles. The van der Waals surface area contributed by atoms with Gasteiger partial charge in [0.05, 0.1) is 7.11 Å². The van der Waals surface area contributed by atoms with Gasteiger partial charge in [0.1, 0.15) is 5.75 Å². The maximum absolute atomic E-state index is 5.26. The van der Waals surface area contributed by atoms with Gasteiger partial charge in [0.2, 0.25) is 0 Å². The topological polar surface area (TPSA) is 9.23 Å². The van der Waals surface area contributed by atoms with Crippen LogP contribution in [0.5, 0.6) is 5.75 Å². The van der Waals surface area contributed by atoms with E-state index in [1.54, 1.807) is 7.11 Å². The largest absolute Gasteiger partial charge is 0.497 e. The van der Waals surface area contributed by atoms with Gasteiger partial charge >= 0.3 is 0 Å². The van der Waals surface area contributed by atoms with Crippen LogP contribution in [0.3, 0.4) is 0 Å². The standard InChI is InChI=1S/C17H14O/c1-18-17-8-4-7-15(12-17)16-10-9-13-5-2-3-6-14(13)11-16/h2-12H,1H3. The molecule has 0 N–H and O–H groups in total. The Morgan fingerprint density at radius 3 is 2.28 bits per heavy atom. The van der Waals surface area contributed by atoms with Crippen LogP contribution in [0.1, 0.15) is 0 Å². The lowest BCUT2D eigenvalue weighted by molar-refractivity contribution is 0.415. The Labute approximate surface area is 107 Å². The second-order valence-corrected chi connectivity index (χ2v) is 4.29. The highest BCUT2D eigenvalue weighted by atomic mass is 16.5. The lowest BCUT2D eigenvalue weighted by Crippen LogP contribution is -1.84. The van der Waals surface area contributed by atoms with E-state index in [2.05, 4.69) is 54.6 Å². The molecular weight excluding hydrogens is 220 g/mol. The van der Waals surface area contributed by atoms with E-state index in [9.17, 15) is 0 Å². The molecule has 88 valence electrons. The van der Waals surface area contributed by atoms with Crippen molar-refractivity contribution in [2.45, 2.75) is 0 Å². The highest BCUT2D eigenvalue weighted by Crippen LogP contribution is 2.26. The molecule has 0 aliphatic rings. The minimum Gasteiger partial charge on any atom is -0.497 e. The van der Waals surface area contributed by atoms with Crippen molar-refractivity contribution in [3.8, 4) is 16.9 Å². The third-order valence-electron chi connectivity index (χ3n) is 3.15. The van der Waals surface area contributed by atoms with E-state index < -0.39 is 0 Å². The van der Waals surface area contributed by atoms with Crippen LogP contribution in [0.4, 0.5) is 0 Å². The molecule has 0 heterocycles. The van der Waals surface area contributed by atoms with Crippen LogP contribution < -0.4 is 4.74 Å². The van der Waals surface area contributed by atoms with Crippen molar-refractivity contribution in [2.24, 2.45) is 0 Å². The Balaban J connectivity index is 2.13. The second-order valence-electron chi connectivity index (χ2n) is 4.29. The molecule has 3 aromatic rings. The average Bonchev–Trinajstić information content (AvgIpc) is 2.47. The molecule has 0 radical (unpaired) electrons. The summed E-state index contributed by atoms with van der Waals surface area (Å²) in [6.45, 7) is 0. The lowest BCUT2D eigenvalue weighted by Gasteiger charge is -2.06. The van der Waals surface area contributed by atoms with Gasteiger partial charge in [-0.2, -0.15) is 0 Å². The Kier molecular flexibility index (Phi) is 2.73. The van der Waals surface area contributed by atoms with Gasteiger partial charge in [0.15, 0.2) is 0 Å². The molecular formula is C17H14O. The first kappa shape index (κ1) is 10.8. The van der Waals surface area contributed by atoms with Gasteiger partial charge in [0, 0.05) is 0 Å². The summed E-state index contributed by atoms with van der Waals surface area (Å²) < 4.78 is 5.26. The molecule has 0 unspecified atom stereocenters. The third-order valence-corrected chi connectivity index (χ3v) is 3.15. The number of hydrogen-bond acceptors (Lipinski definition) is 1. The summed E-state index contributed by atoms with van der Waals surface area (Å²) in [4.78, 5) is 0. The summed E-state index contributed by atoms with van der Waals surface area (Å²) in [6.07, 6.45) is 0. The number of hydrogen-bond donors (Lipinski definition) is 0. The van der Waals surface area contributed by atoms with Gasteiger partial charge in [-0.05, 0) is 40.1 Å². The smallest absolute Gasteiger partial charge is 0.119 e. The average molecular weight is 234 g/mol. The number of rotatable bonds is 2. The zero-order valence-electron chi connectivity index (χ0n) is 10.3. The van der Waals surface area contributed by atoms with Crippen molar-refractivity contribution in [1.82, 2.24) is 0 Å². The molecule has 18 heavy (non-hydrogen) atoms. The van der Waals surface area contributed by atoms with Gasteiger partial charge in [-0.3, -0.25) is 0 Å².